The first-order valence-electron chi connectivity index (χ1n) is 11.8. The maximum Gasteiger partial charge on any atom is 0.268 e. The van der Waals surface area contributed by atoms with Gasteiger partial charge in [0.2, 0.25) is 5.91 Å². The van der Waals surface area contributed by atoms with Crippen LogP contribution >= 0.6 is 11.8 Å². The summed E-state index contributed by atoms with van der Waals surface area (Å²) in [6.45, 7) is 8.43. The quantitative estimate of drug-likeness (QED) is 0.493. The molecule has 0 aromatic rings. The predicted octanol–water partition coefficient (Wildman–Crippen LogP) is 5.15. The molecular formula is C25H39NO4S. The third-order valence-corrected chi connectivity index (χ3v) is 7.92. The third kappa shape index (κ3) is 5.55. The lowest BCUT2D eigenvalue weighted by atomic mass is 9.84. The first-order chi connectivity index (χ1) is 14.5. The van der Waals surface area contributed by atoms with Crippen LogP contribution in [-0.2, 0) is 14.4 Å². The number of hydrogen-bond donors (Lipinski definition) is 1. The van der Waals surface area contributed by atoms with E-state index in [1.54, 1.807) is 11.8 Å². The number of amides is 2. The number of thioether (sulfide) groups is 1. The van der Waals surface area contributed by atoms with Gasteiger partial charge in [-0.1, -0.05) is 34.1 Å². The number of ketones is 1. The fourth-order valence-corrected chi connectivity index (χ4v) is 6.64. The van der Waals surface area contributed by atoms with Crippen molar-refractivity contribution in [2.45, 2.75) is 85.1 Å². The summed E-state index contributed by atoms with van der Waals surface area (Å²) in [7, 11) is 0. The van der Waals surface area contributed by atoms with Crippen LogP contribution < -0.4 is 0 Å². The lowest BCUT2D eigenvalue weighted by Crippen LogP contribution is -2.42. The number of hydrogen-bond acceptors (Lipinski definition) is 5. The Kier molecular flexibility index (Phi) is 7.60. The SMILES string of the molecule is CSCCC1C(O)=C(C(=O)CC2CC3CCC2C3)C(=O)N1C(=O)CC(C)CC(C)(C)C. The molecule has 0 spiro atoms. The van der Waals surface area contributed by atoms with Crippen molar-refractivity contribution in [3.63, 3.8) is 0 Å². The van der Waals surface area contributed by atoms with Crippen LogP contribution in [0.15, 0.2) is 11.3 Å². The number of fused-ring (bicyclic) bond motifs is 2. The highest BCUT2D eigenvalue weighted by Crippen LogP contribution is 2.50. The van der Waals surface area contributed by atoms with Crippen molar-refractivity contribution >= 4 is 29.4 Å². The Hall–Kier alpha value is -1.30. The van der Waals surface area contributed by atoms with E-state index >= 15 is 0 Å². The van der Waals surface area contributed by atoms with Gasteiger partial charge in [-0.3, -0.25) is 19.3 Å². The standard InChI is InChI=1S/C25H39NO4S/c1-15(14-25(2,3)4)10-21(28)26-19(8-9-31-5)23(29)22(24(26)30)20(27)13-18-12-16-6-7-17(18)11-16/h15-19,29H,6-14H2,1-5H3. The summed E-state index contributed by atoms with van der Waals surface area (Å²) in [6.07, 6.45) is 8.56. The topological polar surface area (TPSA) is 74.7 Å². The van der Waals surface area contributed by atoms with Gasteiger partial charge >= 0.3 is 0 Å². The van der Waals surface area contributed by atoms with Crippen molar-refractivity contribution in [2.75, 3.05) is 12.0 Å². The molecule has 2 aliphatic carbocycles. The fraction of sp³-hybridized carbons (Fsp3) is 0.800. The van der Waals surface area contributed by atoms with Crippen LogP contribution in [0.2, 0.25) is 0 Å². The van der Waals surface area contributed by atoms with E-state index in [9.17, 15) is 19.5 Å². The second-order valence-electron chi connectivity index (χ2n) is 11.3. The minimum atomic E-state index is -0.701. The number of carbonyl (C=O) groups is 3. The average molecular weight is 450 g/mol. The van der Waals surface area contributed by atoms with Gasteiger partial charge in [-0.25, -0.2) is 0 Å². The monoisotopic (exact) mass is 449 g/mol. The van der Waals surface area contributed by atoms with Crippen LogP contribution in [0.25, 0.3) is 0 Å². The fourth-order valence-electron chi connectivity index (χ4n) is 6.19. The zero-order valence-corrected chi connectivity index (χ0v) is 20.6. The maximum atomic E-state index is 13.2. The molecule has 5 nitrogen and oxygen atoms in total. The van der Waals surface area contributed by atoms with Crippen LogP contribution in [0.1, 0.15) is 79.1 Å². The largest absolute Gasteiger partial charge is 0.509 e. The van der Waals surface area contributed by atoms with E-state index in [1.165, 1.54) is 24.2 Å². The summed E-state index contributed by atoms with van der Waals surface area (Å²) >= 11 is 1.60. The molecule has 6 heteroatoms. The summed E-state index contributed by atoms with van der Waals surface area (Å²) in [5, 5.41) is 10.9. The number of rotatable bonds is 9. The summed E-state index contributed by atoms with van der Waals surface area (Å²) in [5.74, 6) is 1.15. The van der Waals surface area contributed by atoms with Crippen molar-refractivity contribution in [2.24, 2.45) is 29.1 Å². The summed E-state index contributed by atoms with van der Waals surface area (Å²) in [6, 6.07) is -0.701. The number of nitrogens with zero attached hydrogens (tertiary/aromatic N) is 1. The summed E-state index contributed by atoms with van der Waals surface area (Å²) in [5.41, 5.74) is -0.0273. The Morgan fingerprint density at radius 2 is 1.94 bits per heavy atom. The second kappa shape index (κ2) is 9.68. The molecule has 2 amide bonds. The molecule has 2 fully saturated rings. The zero-order valence-electron chi connectivity index (χ0n) is 19.8. The van der Waals surface area contributed by atoms with Gasteiger partial charge in [0.25, 0.3) is 5.91 Å². The third-order valence-electron chi connectivity index (χ3n) is 7.28. The lowest BCUT2D eigenvalue weighted by Gasteiger charge is -2.27. The predicted molar refractivity (Wildman–Crippen MR) is 125 cm³/mol. The molecule has 0 radical (unpaired) electrons. The molecular weight excluding hydrogens is 410 g/mol. The van der Waals surface area contributed by atoms with Gasteiger partial charge in [0.15, 0.2) is 5.78 Å². The Labute approximate surface area is 191 Å². The van der Waals surface area contributed by atoms with Gasteiger partial charge in [0.1, 0.15) is 11.3 Å². The summed E-state index contributed by atoms with van der Waals surface area (Å²) in [4.78, 5) is 40.7. The average Bonchev–Trinajstić information content (AvgIpc) is 3.31. The van der Waals surface area contributed by atoms with E-state index in [2.05, 4.69) is 20.8 Å². The van der Waals surface area contributed by atoms with E-state index in [-0.39, 0.29) is 40.8 Å². The van der Waals surface area contributed by atoms with Crippen LogP contribution in [-0.4, -0.2) is 45.7 Å². The molecule has 3 aliphatic rings. The van der Waals surface area contributed by atoms with E-state index in [1.807, 2.05) is 13.2 Å². The van der Waals surface area contributed by atoms with Crippen LogP contribution in [0.5, 0.6) is 0 Å². The minimum absolute atomic E-state index is 0.0924. The van der Waals surface area contributed by atoms with Gasteiger partial charge in [0, 0.05) is 12.8 Å². The van der Waals surface area contributed by atoms with Crippen molar-refractivity contribution < 1.29 is 19.5 Å². The van der Waals surface area contributed by atoms with E-state index < -0.39 is 11.9 Å². The molecule has 3 rings (SSSR count). The summed E-state index contributed by atoms with van der Waals surface area (Å²) < 4.78 is 0. The molecule has 5 atom stereocenters. The molecule has 31 heavy (non-hydrogen) atoms. The van der Waals surface area contributed by atoms with Gasteiger partial charge in [-0.05, 0) is 73.2 Å². The van der Waals surface area contributed by atoms with Crippen molar-refractivity contribution in [1.82, 2.24) is 4.90 Å². The van der Waals surface area contributed by atoms with Gasteiger partial charge in [0.05, 0.1) is 6.04 Å². The molecule has 0 saturated heterocycles. The molecule has 1 heterocycles. The lowest BCUT2D eigenvalue weighted by molar-refractivity contribution is -0.144. The molecule has 1 aliphatic heterocycles. The molecule has 0 aromatic carbocycles. The smallest absolute Gasteiger partial charge is 0.268 e. The Balaban J connectivity index is 1.73. The van der Waals surface area contributed by atoms with E-state index in [0.717, 1.165) is 18.8 Å². The molecule has 2 bridgehead atoms. The van der Waals surface area contributed by atoms with Gasteiger partial charge in [-0.15, -0.1) is 0 Å². The van der Waals surface area contributed by atoms with Gasteiger partial charge < -0.3 is 5.11 Å². The Morgan fingerprint density at radius 1 is 1.23 bits per heavy atom. The first kappa shape index (κ1) is 24.3. The van der Waals surface area contributed by atoms with Crippen molar-refractivity contribution in [3.05, 3.63) is 11.3 Å². The number of carbonyl (C=O) groups excluding carboxylic acids is 3. The van der Waals surface area contributed by atoms with Crippen molar-refractivity contribution in [3.8, 4) is 0 Å². The van der Waals surface area contributed by atoms with Crippen molar-refractivity contribution in [1.29, 1.82) is 0 Å². The normalized spacial score (nSPS) is 29.2. The minimum Gasteiger partial charge on any atom is -0.509 e. The molecule has 0 aromatic heterocycles. The Morgan fingerprint density at radius 3 is 2.48 bits per heavy atom. The second-order valence-corrected chi connectivity index (χ2v) is 12.2. The molecule has 174 valence electrons. The van der Waals surface area contributed by atoms with E-state index in [0.29, 0.717) is 30.4 Å². The molecule has 1 N–H and O–H groups in total. The first-order valence-corrected chi connectivity index (χ1v) is 13.2. The van der Waals surface area contributed by atoms with Crippen LogP contribution in [0, 0.1) is 29.1 Å². The highest BCUT2D eigenvalue weighted by atomic mass is 32.2. The highest BCUT2D eigenvalue weighted by Gasteiger charge is 2.47. The number of imide groups is 1. The maximum absolute atomic E-state index is 13.2. The van der Waals surface area contributed by atoms with Crippen LogP contribution in [0.3, 0.4) is 0 Å². The molecule has 2 saturated carbocycles. The highest BCUT2D eigenvalue weighted by molar-refractivity contribution is 7.98. The number of aliphatic hydroxyl groups excluding tert-OH is 1. The van der Waals surface area contributed by atoms with Crippen LogP contribution in [0.4, 0.5) is 0 Å². The van der Waals surface area contributed by atoms with E-state index in [4.69, 9.17) is 0 Å². The molecule has 5 unspecified atom stereocenters. The number of Topliss-reactive ketones (excluding diaryl/α,β-unsaturated/α-hetero) is 1. The van der Waals surface area contributed by atoms with Gasteiger partial charge in [-0.2, -0.15) is 11.8 Å². The number of aliphatic hydroxyl groups is 1. The zero-order chi connectivity index (χ0) is 22.9. The Bertz CT molecular complexity index is 753.